The zero-order valence-electron chi connectivity index (χ0n) is 10.9. The largest absolute Gasteiger partial charge is 0.442 e. The van der Waals surface area contributed by atoms with Gasteiger partial charge in [0.05, 0.1) is 6.04 Å². The Hall–Kier alpha value is -2.30. The van der Waals surface area contributed by atoms with Crippen molar-refractivity contribution in [2.45, 2.75) is 31.0 Å². The molecule has 3 atom stereocenters. The predicted molar refractivity (Wildman–Crippen MR) is 73.0 cm³/mol. The maximum Gasteiger partial charge on any atom is 0.408 e. The Morgan fingerprint density at radius 2 is 1.90 bits per heavy atom. The summed E-state index contributed by atoms with van der Waals surface area (Å²) in [4.78, 5) is 24.0. The Kier molecular flexibility index (Phi) is 3.41. The van der Waals surface area contributed by atoms with Crippen LogP contribution in [0.4, 0.5) is 4.79 Å². The molecule has 20 heavy (non-hydrogen) atoms. The van der Waals surface area contributed by atoms with E-state index in [-0.39, 0.29) is 18.1 Å². The van der Waals surface area contributed by atoms with Crippen LogP contribution in [0, 0.1) is 0 Å². The summed E-state index contributed by atoms with van der Waals surface area (Å²) in [5, 5.41) is 5.56. The highest BCUT2D eigenvalue weighted by molar-refractivity contribution is 5.86. The number of rotatable bonds is 2. The Morgan fingerprint density at radius 3 is 2.70 bits per heavy atom. The molecule has 0 aromatic heterocycles. The van der Waals surface area contributed by atoms with Crippen LogP contribution in [-0.4, -0.2) is 30.2 Å². The summed E-state index contributed by atoms with van der Waals surface area (Å²) < 4.78 is 5.25. The molecule has 1 fully saturated rings. The summed E-state index contributed by atoms with van der Waals surface area (Å²) >= 11 is 0. The minimum atomic E-state index is -0.613. The van der Waals surface area contributed by atoms with Crippen molar-refractivity contribution >= 4 is 12.0 Å². The number of carbonyl (C=O) groups is 2. The van der Waals surface area contributed by atoms with Gasteiger partial charge in [0.2, 0.25) is 5.91 Å². The van der Waals surface area contributed by atoms with Crippen LogP contribution in [0.3, 0.4) is 0 Å². The number of hydrogen-bond donors (Lipinski definition) is 2. The second-order valence-corrected chi connectivity index (χ2v) is 5.07. The standard InChI is InChI=1S/C15H16N2O3/c18-14-13(8-10-4-2-1-3-5-10)17-15(19)20-12-7-6-11(9-12)16-14/h1-7,11-13H,8-9H2,(H,16,18)(H,17,19). The van der Waals surface area contributed by atoms with E-state index in [1.807, 2.05) is 42.5 Å². The van der Waals surface area contributed by atoms with Crippen molar-refractivity contribution in [3.05, 3.63) is 48.0 Å². The molecule has 0 spiro atoms. The van der Waals surface area contributed by atoms with Gasteiger partial charge in [-0.15, -0.1) is 0 Å². The average molecular weight is 272 g/mol. The molecule has 3 rings (SSSR count). The first-order valence-corrected chi connectivity index (χ1v) is 6.70. The normalized spacial score (nSPS) is 28.7. The molecule has 0 saturated carbocycles. The lowest BCUT2D eigenvalue weighted by molar-refractivity contribution is -0.123. The van der Waals surface area contributed by atoms with E-state index >= 15 is 0 Å². The smallest absolute Gasteiger partial charge is 0.408 e. The van der Waals surface area contributed by atoms with Crippen LogP contribution in [0.15, 0.2) is 42.5 Å². The Bertz CT molecular complexity index is 541. The Labute approximate surface area is 117 Å². The van der Waals surface area contributed by atoms with Crippen LogP contribution in [0.2, 0.25) is 0 Å². The van der Waals surface area contributed by atoms with Crippen molar-refractivity contribution in [1.29, 1.82) is 0 Å². The van der Waals surface area contributed by atoms with Crippen molar-refractivity contribution < 1.29 is 14.3 Å². The fraction of sp³-hybridized carbons (Fsp3) is 0.333. The van der Waals surface area contributed by atoms with Gasteiger partial charge in [0.15, 0.2) is 0 Å². The molecular formula is C15H16N2O3. The van der Waals surface area contributed by atoms with Gasteiger partial charge in [-0.25, -0.2) is 4.79 Å². The minimum absolute atomic E-state index is 0.0570. The summed E-state index contributed by atoms with van der Waals surface area (Å²) in [7, 11) is 0. The van der Waals surface area contributed by atoms with Crippen molar-refractivity contribution in [3.8, 4) is 0 Å². The van der Waals surface area contributed by atoms with E-state index in [1.54, 1.807) is 0 Å². The lowest BCUT2D eigenvalue weighted by Crippen LogP contribution is -2.49. The molecule has 1 aromatic rings. The van der Waals surface area contributed by atoms with Gasteiger partial charge >= 0.3 is 6.09 Å². The van der Waals surface area contributed by atoms with E-state index in [9.17, 15) is 9.59 Å². The van der Waals surface area contributed by atoms with Crippen LogP contribution < -0.4 is 10.6 Å². The number of hydrogen-bond acceptors (Lipinski definition) is 3. The number of nitrogens with one attached hydrogen (secondary N) is 2. The Balaban J connectivity index is 1.76. The van der Waals surface area contributed by atoms with E-state index in [4.69, 9.17) is 4.74 Å². The number of ether oxygens (including phenoxy) is 1. The number of benzene rings is 1. The molecule has 3 unspecified atom stereocenters. The third kappa shape index (κ3) is 2.82. The van der Waals surface area contributed by atoms with Crippen molar-refractivity contribution in [2.75, 3.05) is 0 Å². The highest BCUT2D eigenvalue weighted by atomic mass is 16.6. The third-order valence-electron chi connectivity index (χ3n) is 3.52. The zero-order chi connectivity index (χ0) is 13.9. The fourth-order valence-electron chi connectivity index (χ4n) is 2.52. The van der Waals surface area contributed by atoms with Gasteiger partial charge < -0.3 is 15.4 Å². The second-order valence-electron chi connectivity index (χ2n) is 5.07. The average Bonchev–Trinajstić information content (AvgIpc) is 2.87. The molecule has 2 bridgehead atoms. The highest BCUT2D eigenvalue weighted by Gasteiger charge is 2.30. The van der Waals surface area contributed by atoms with Crippen LogP contribution in [0.25, 0.3) is 0 Å². The van der Waals surface area contributed by atoms with E-state index < -0.39 is 12.1 Å². The molecule has 5 heteroatoms. The monoisotopic (exact) mass is 272 g/mol. The predicted octanol–water partition coefficient (Wildman–Crippen LogP) is 1.15. The molecule has 2 aliphatic rings. The topological polar surface area (TPSA) is 67.4 Å². The van der Waals surface area contributed by atoms with Crippen LogP contribution >= 0.6 is 0 Å². The molecule has 2 N–H and O–H groups in total. The number of carbonyl (C=O) groups excluding carboxylic acids is 2. The van der Waals surface area contributed by atoms with E-state index in [0.717, 1.165) is 5.56 Å². The maximum absolute atomic E-state index is 12.2. The fourth-order valence-corrected chi connectivity index (χ4v) is 2.52. The number of alkyl carbamates (subject to hydrolysis) is 1. The molecule has 5 nitrogen and oxygen atoms in total. The quantitative estimate of drug-likeness (QED) is 0.794. The first kappa shape index (κ1) is 12.7. The van der Waals surface area contributed by atoms with Crippen molar-refractivity contribution in [2.24, 2.45) is 0 Å². The van der Waals surface area contributed by atoms with Gasteiger partial charge in [-0.1, -0.05) is 36.4 Å². The zero-order valence-corrected chi connectivity index (χ0v) is 10.9. The Morgan fingerprint density at radius 1 is 1.10 bits per heavy atom. The van der Waals surface area contributed by atoms with Crippen molar-refractivity contribution in [1.82, 2.24) is 10.6 Å². The van der Waals surface area contributed by atoms with Crippen LogP contribution in [0.5, 0.6) is 0 Å². The summed E-state index contributed by atoms with van der Waals surface area (Å²) in [6.45, 7) is 0. The lowest BCUT2D eigenvalue weighted by atomic mass is 10.1. The first-order chi connectivity index (χ1) is 9.70. The van der Waals surface area contributed by atoms with Gasteiger partial charge in [-0.05, 0) is 11.6 Å². The van der Waals surface area contributed by atoms with Gasteiger partial charge in [0, 0.05) is 12.8 Å². The summed E-state index contributed by atoms with van der Waals surface area (Å²) in [5.74, 6) is -0.178. The second kappa shape index (κ2) is 5.36. The summed E-state index contributed by atoms with van der Waals surface area (Å²) in [6, 6.07) is 8.92. The number of fused-ring (bicyclic) bond motifs is 2. The molecule has 1 saturated heterocycles. The van der Waals surface area contributed by atoms with Crippen LogP contribution in [0.1, 0.15) is 12.0 Å². The molecule has 1 aliphatic carbocycles. The molecule has 2 amide bonds. The third-order valence-corrected chi connectivity index (χ3v) is 3.52. The van der Waals surface area contributed by atoms with E-state index in [0.29, 0.717) is 12.8 Å². The molecule has 1 heterocycles. The molecule has 0 radical (unpaired) electrons. The molecule has 104 valence electrons. The first-order valence-electron chi connectivity index (χ1n) is 6.70. The van der Waals surface area contributed by atoms with Gasteiger partial charge in [-0.2, -0.15) is 0 Å². The minimum Gasteiger partial charge on any atom is -0.442 e. The van der Waals surface area contributed by atoms with Gasteiger partial charge in [-0.3, -0.25) is 4.79 Å². The summed E-state index contributed by atoms with van der Waals surface area (Å²) in [5.41, 5.74) is 0.993. The van der Waals surface area contributed by atoms with Gasteiger partial charge in [0.25, 0.3) is 0 Å². The van der Waals surface area contributed by atoms with Crippen molar-refractivity contribution in [3.63, 3.8) is 0 Å². The highest BCUT2D eigenvalue weighted by Crippen LogP contribution is 2.16. The van der Waals surface area contributed by atoms with Gasteiger partial charge in [0.1, 0.15) is 12.1 Å². The number of amides is 2. The molecule has 1 aliphatic heterocycles. The molecule has 1 aromatic carbocycles. The summed E-state index contributed by atoms with van der Waals surface area (Å²) in [6.07, 6.45) is 3.94. The molecular weight excluding hydrogens is 256 g/mol. The lowest BCUT2D eigenvalue weighted by Gasteiger charge is -2.18. The van der Waals surface area contributed by atoms with E-state index in [2.05, 4.69) is 10.6 Å². The maximum atomic E-state index is 12.2. The SMILES string of the molecule is O=C1NC(Cc2ccccc2)C(=O)NC2C=CC(C2)O1. The van der Waals surface area contributed by atoms with E-state index in [1.165, 1.54) is 0 Å². The van der Waals surface area contributed by atoms with Crippen LogP contribution in [-0.2, 0) is 16.0 Å².